The molecule has 3 aromatic rings. The molecule has 8 nitrogen and oxygen atoms in total. The summed E-state index contributed by atoms with van der Waals surface area (Å²) in [4.78, 5) is 11.1. The van der Waals surface area contributed by atoms with Gasteiger partial charge in [-0.3, -0.25) is 4.79 Å². The van der Waals surface area contributed by atoms with Gasteiger partial charge in [0.2, 0.25) is 11.1 Å². The third kappa shape index (κ3) is 4.37. The molecule has 132 valence electrons. The van der Waals surface area contributed by atoms with E-state index in [1.54, 1.807) is 16.4 Å². The first-order valence-corrected chi connectivity index (χ1v) is 9.04. The smallest absolute Gasteiger partial charge is 0.219 e. The van der Waals surface area contributed by atoms with Crippen molar-refractivity contribution in [3.05, 3.63) is 36.0 Å². The number of fused-ring (bicyclic) bond motifs is 1. The number of aryl methyl sites for hydroxylation is 2. The summed E-state index contributed by atoms with van der Waals surface area (Å²) in [5.74, 6) is 0.599. The van der Waals surface area contributed by atoms with Crippen molar-refractivity contribution in [2.45, 2.75) is 24.7 Å². The van der Waals surface area contributed by atoms with Crippen LogP contribution in [0.5, 0.6) is 0 Å². The topological polar surface area (TPSA) is 104 Å². The fraction of sp³-hybridized carbons (Fsp3) is 0.375. The van der Waals surface area contributed by atoms with Crippen molar-refractivity contribution < 1.29 is 4.79 Å². The van der Waals surface area contributed by atoms with E-state index in [2.05, 4.69) is 43.7 Å². The fourth-order valence-electron chi connectivity index (χ4n) is 2.66. The molecule has 0 aliphatic rings. The summed E-state index contributed by atoms with van der Waals surface area (Å²) in [5, 5.41) is 16.8. The third-order valence-electron chi connectivity index (χ3n) is 3.88. The van der Waals surface area contributed by atoms with Crippen molar-refractivity contribution in [2.24, 2.45) is 12.8 Å². The molecule has 3 N–H and O–H groups in total. The van der Waals surface area contributed by atoms with Gasteiger partial charge < -0.3 is 15.6 Å². The normalized spacial score (nSPS) is 11.2. The molecule has 2 heterocycles. The van der Waals surface area contributed by atoms with Crippen molar-refractivity contribution in [3.8, 4) is 0 Å². The molecule has 0 bridgehead atoms. The Balaban J connectivity index is 1.57. The van der Waals surface area contributed by atoms with Crippen LogP contribution in [0, 0.1) is 0 Å². The highest BCUT2D eigenvalue weighted by Crippen LogP contribution is 2.21. The Morgan fingerprint density at radius 2 is 2.20 bits per heavy atom. The average molecular weight is 359 g/mol. The summed E-state index contributed by atoms with van der Waals surface area (Å²) in [6, 6.07) is 8.21. The second kappa shape index (κ2) is 8.13. The van der Waals surface area contributed by atoms with Crippen LogP contribution in [0.1, 0.15) is 12.0 Å². The number of thioether (sulfide) groups is 1. The largest absolute Gasteiger partial charge is 0.370 e. The summed E-state index contributed by atoms with van der Waals surface area (Å²) in [7, 11) is 1.83. The van der Waals surface area contributed by atoms with E-state index in [4.69, 9.17) is 5.73 Å². The number of amides is 1. The van der Waals surface area contributed by atoms with Gasteiger partial charge in [0.05, 0.1) is 0 Å². The summed E-state index contributed by atoms with van der Waals surface area (Å²) in [5.41, 5.74) is 7.61. The second-order valence-corrected chi connectivity index (χ2v) is 6.75. The zero-order valence-corrected chi connectivity index (χ0v) is 14.9. The van der Waals surface area contributed by atoms with E-state index in [-0.39, 0.29) is 5.91 Å². The Bertz CT molecular complexity index is 857. The molecule has 25 heavy (non-hydrogen) atoms. The number of nitrogens with zero attached hydrogens (tertiary/aromatic N) is 5. The van der Waals surface area contributed by atoms with Gasteiger partial charge >= 0.3 is 0 Å². The highest BCUT2D eigenvalue weighted by atomic mass is 32.2. The average Bonchev–Trinajstić information content (AvgIpc) is 3.17. The van der Waals surface area contributed by atoms with Crippen LogP contribution in [0.4, 0.5) is 0 Å². The number of carbonyl (C=O) groups is 1. The van der Waals surface area contributed by atoms with E-state index in [1.165, 1.54) is 10.9 Å². The maximum absolute atomic E-state index is 11.1. The molecule has 0 aliphatic carbocycles. The first-order valence-electron chi connectivity index (χ1n) is 8.06. The third-order valence-corrected chi connectivity index (χ3v) is 4.89. The van der Waals surface area contributed by atoms with Crippen LogP contribution in [0.25, 0.3) is 10.9 Å². The lowest BCUT2D eigenvalue weighted by Gasteiger charge is -2.03. The molecule has 0 saturated carbocycles. The van der Waals surface area contributed by atoms with Crippen LogP contribution in [0.3, 0.4) is 0 Å². The molecule has 0 aliphatic heterocycles. The molecule has 1 aromatic carbocycles. The van der Waals surface area contributed by atoms with Gasteiger partial charge in [-0.2, -0.15) is 0 Å². The molecule has 2 aromatic heterocycles. The Labute approximate surface area is 149 Å². The van der Waals surface area contributed by atoms with Crippen molar-refractivity contribution in [2.75, 3.05) is 12.3 Å². The molecule has 1 amide bonds. The second-order valence-electron chi connectivity index (χ2n) is 5.69. The molecule has 3 rings (SSSR count). The van der Waals surface area contributed by atoms with Crippen molar-refractivity contribution in [1.29, 1.82) is 0 Å². The highest BCUT2D eigenvalue weighted by molar-refractivity contribution is 7.99. The van der Waals surface area contributed by atoms with Gasteiger partial charge in [0.15, 0.2) is 0 Å². The van der Waals surface area contributed by atoms with Crippen LogP contribution >= 0.6 is 11.8 Å². The van der Waals surface area contributed by atoms with Gasteiger partial charge in [0, 0.05) is 56.0 Å². The van der Waals surface area contributed by atoms with E-state index >= 15 is 0 Å². The Morgan fingerprint density at radius 3 is 2.96 bits per heavy atom. The van der Waals surface area contributed by atoms with Crippen LogP contribution in [-0.4, -0.2) is 43.0 Å². The minimum absolute atomic E-state index is 0.284. The van der Waals surface area contributed by atoms with Crippen molar-refractivity contribution >= 4 is 28.6 Å². The molecule has 0 spiro atoms. The molecule has 0 atom stereocenters. The van der Waals surface area contributed by atoms with E-state index in [1.807, 2.05) is 19.2 Å². The zero-order chi connectivity index (χ0) is 17.6. The first-order chi connectivity index (χ1) is 12.1. The quantitative estimate of drug-likeness (QED) is 0.435. The number of hydrogen-bond donors (Lipinski definition) is 2. The van der Waals surface area contributed by atoms with Gasteiger partial charge in [0.1, 0.15) is 0 Å². The lowest BCUT2D eigenvalue weighted by atomic mass is 10.2. The number of nitrogens with two attached hydrogens (primary N) is 1. The number of para-hydroxylation sites is 1. The van der Waals surface area contributed by atoms with Crippen LogP contribution < -0.4 is 11.1 Å². The van der Waals surface area contributed by atoms with E-state index in [0.29, 0.717) is 13.0 Å². The molecule has 0 radical (unpaired) electrons. The minimum atomic E-state index is -0.284. The van der Waals surface area contributed by atoms with Gasteiger partial charge in [-0.15, -0.1) is 5.10 Å². The lowest BCUT2D eigenvalue weighted by Crippen LogP contribution is -2.16. The number of primary amides is 1. The molecule has 0 fully saturated rings. The number of benzene rings is 1. The Morgan fingerprint density at radius 1 is 1.36 bits per heavy atom. The summed E-state index contributed by atoms with van der Waals surface area (Å²) >= 11 is 1.62. The molecule has 9 heteroatoms. The van der Waals surface area contributed by atoms with E-state index < -0.39 is 0 Å². The van der Waals surface area contributed by atoms with Crippen LogP contribution in [-0.2, 0) is 24.9 Å². The molecule has 0 unspecified atom stereocenters. The number of hydrogen-bond acceptors (Lipinski definition) is 6. The number of aromatic nitrogens is 5. The minimum Gasteiger partial charge on any atom is -0.370 e. The van der Waals surface area contributed by atoms with Crippen LogP contribution in [0.15, 0.2) is 35.6 Å². The Hall–Kier alpha value is -2.39. The van der Waals surface area contributed by atoms with Crippen molar-refractivity contribution in [3.63, 3.8) is 0 Å². The first kappa shape index (κ1) is 17.4. The summed E-state index contributed by atoms with van der Waals surface area (Å²) in [6.45, 7) is 2.21. The highest BCUT2D eigenvalue weighted by Gasteiger charge is 2.09. The van der Waals surface area contributed by atoms with Crippen molar-refractivity contribution in [1.82, 2.24) is 30.1 Å². The molecular formula is C16H21N7OS. The number of rotatable bonds is 9. The van der Waals surface area contributed by atoms with Crippen LogP contribution in [0.2, 0.25) is 0 Å². The SMILES string of the molecule is Cn1nnnc1SCCNCc1cn(CCC(N)=O)c2ccccc12. The fourth-order valence-corrected chi connectivity index (χ4v) is 3.41. The van der Waals surface area contributed by atoms with Gasteiger partial charge in [-0.1, -0.05) is 30.0 Å². The van der Waals surface area contributed by atoms with Gasteiger partial charge in [-0.05, 0) is 22.1 Å². The predicted octanol–water partition coefficient (Wildman–Crippen LogP) is 0.922. The number of carbonyl (C=O) groups excluding carboxylic acids is 1. The monoisotopic (exact) mass is 359 g/mol. The Kier molecular flexibility index (Phi) is 5.67. The van der Waals surface area contributed by atoms with Gasteiger partial charge in [-0.25, -0.2) is 4.68 Å². The number of tetrazole rings is 1. The maximum atomic E-state index is 11.1. The molecule has 0 saturated heterocycles. The lowest BCUT2D eigenvalue weighted by molar-refractivity contribution is -0.118. The maximum Gasteiger partial charge on any atom is 0.219 e. The van der Waals surface area contributed by atoms with Gasteiger partial charge in [0.25, 0.3) is 0 Å². The standard InChI is InChI=1S/C16H21N7OS/c1-22-16(19-20-21-22)25-9-7-18-10-12-11-23(8-6-15(17)24)14-5-3-2-4-13(12)14/h2-5,11,18H,6-10H2,1H3,(H2,17,24). The summed E-state index contributed by atoms with van der Waals surface area (Å²) in [6.07, 6.45) is 2.44. The number of nitrogens with one attached hydrogen (secondary N) is 1. The van der Waals surface area contributed by atoms with E-state index in [0.717, 1.165) is 29.5 Å². The summed E-state index contributed by atoms with van der Waals surface area (Å²) < 4.78 is 3.76. The predicted molar refractivity (Wildman–Crippen MR) is 97.0 cm³/mol. The molecular weight excluding hydrogens is 338 g/mol. The van der Waals surface area contributed by atoms with E-state index in [9.17, 15) is 4.79 Å². The zero-order valence-electron chi connectivity index (χ0n) is 14.1.